The molecular formula is C12H13N3O. The molecule has 0 unspecified atom stereocenters. The number of fused-ring (bicyclic) bond motifs is 3. The van der Waals surface area contributed by atoms with Gasteiger partial charge in [0.15, 0.2) is 0 Å². The summed E-state index contributed by atoms with van der Waals surface area (Å²) in [5, 5.41) is 1.04. The third-order valence-corrected chi connectivity index (χ3v) is 3.15. The van der Waals surface area contributed by atoms with Crippen LogP contribution in [0.1, 0.15) is 10.5 Å². The van der Waals surface area contributed by atoms with Crippen LogP contribution in [0.2, 0.25) is 0 Å². The van der Waals surface area contributed by atoms with Crippen LogP contribution in [0.25, 0.3) is 10.9 Å². The Morgan fingerprint density at radius 1 is 1.25 bits per heavy atom. The van der Waals surface area contributed by atoms with Gasteiger partial charge >= 0.3 is 0 Å². The highest BCUT2D eigenvalue weighted by Crippen LogP contribution is 2.25. The second-order valence-electron chi connectivity index (χ2n) is 4.23. The molecule has 1 aliphatic rings. The number of carbonyl (C=O) groups is 1. The zero-order valence-electron chi connectivity index (χ0n) is 9.10. The summed E-state index contributed by atoms with van der Waals surface area (Å²) in [7, 11) is 1.83. The molecule has 1 amide bonds. The van der Waals surface area contributed by atoms with Gasteiger partial charge in [0.1, 0.15) is 5.69 Å². The quantitative estimate of drug-likeness (QED) is 0.674. The highest BCUT2D eigenvalue weighted by atomic mass is 16.2. The molecule has 0 bridgehead atoms. The number of rotatable bonds is 0. The fourth-order valence-corrected chi connectivity index (χ4v) is 2.25. The molecule has 16 heavy (non-hydrogen) atoms. The Balaban J connectivity index is 2.30. The summed E-state index contributed by atoms with van der Waals surface area (Å²) in [6.07, 6.45) is 0. The van der Waals surface area contributed by atoms with Crippen LogP contribution in [0, 0.1) is 0 Å². The van der Waals surface area contributed by atoms with Crippen molar-refractivity contribution in [3.63, 3.8) is 0 Å². The standard InChI is InChI=1S/C12H13N3O/c1-14-4-5-15-10-3-2-9(13)6-8(10)7-11(15)12(14)16/h2-3,6-7H,4-5,13H2,1H3. The number of benzene rings is 1. The topological polar surface area (TPSA) is 51.3 Å². The predicted octanol–water partition coefficient (Wildman–Crippen LogP) is 1.31. The van der Waals surface area contributed by atoms with Gasteiger partial charge in [-0.25, -0.2) is 0 Å². The maximum Gasteiger partial charge on any atom is 0.270 e. The van der Waals surface area contributed by atoms with Gasteiger partial charge in [-0.1, -0.05) is 0 Å². The van der Waals surface area contributed by atoms with E-state index in [4.69, 9.17) is 5.73 Å². The number of hydrogen-bond donors (Lipinski definition) is 1. The minimum atomic E-state index is 0.0843. The molecule has 2 N–H and O–H groups in total. The van der Waals surface area contributed by atoms with Crippen LogP contribution in [0.4, 0.5) is 5.69 Å². The van der Waals surface area contributed by atoms with Crippen molar-refractivity contribution in [3.05, 3.63) is 30.0 Å². The van der Waals surface area contributed by atoms with Gasteiger partial charge in [0, 0.05) is 36.7 Å². The minimum absolute atomic E-state index is 0.0843. The summed E-state index contributed by atoms with van der Waals surface area (Å²) in [6.45, 7) is 1.62. The average molecular weight is 215 g/mol. The molecule has 0 spiro atoms. The normalized spacial score (nSPS) is 15.6. The van der Waals surface area contributed by atoms with Crippen molar-refractivity contribution in [2.45, 2.75) is 6.54 Å². The van der Waals surface area contributed by atoms with E-state index in [1.807, 2.05) is 31.3 Å². The van der Waals surface area contributed by atoms with Crippen molar-refractivity contribution in [2.24, 2.45) is 0 Å². The van der Waals surface area contributed by atoms with Gasteiger partial charge in [-0.15, -0.1) is 0 Å². The molecule has 4 heteroatoms. The van der Waals surface area contributed by atoms with E-state index in [0.29, 0.717) is 0 Å². The highest BCUT2D eigenvalue weighted by molar-refractivity contribution is 5.99. The van der Waals surface area contributed by atoms with Crippen LogP contribution in [0.3, 0.4) is 0 Å². The zero-order valence-corrected chi connectivity index (χ0v) is 9.10. The highest BCUT2D eigenvalue weighted by Gasteiger charge is 2.23. The summed E-state index contributed by atoms with van der Waals surface area (Å²) in [6, 6.07) is 7.68. The first-order valence-corrected chi connectivity index (χ1v) is 5.31. The Hall–Kier alpha value is -1.97. The van der Waals surface area contributed by atoms with Crippen LogP contribution >= 0.6 is 0 Å². The molecular weight excluding hydrogens is 202 g/mol. The lowest BCUT2D eigenvalue weighted by molar-refractivity contribution is 0.0751. The van der Waals surface area contributed by atoms with Crippen molar-refractivity contribution < 1.29 is 4.79 Å². The molecule has 82 valence electrons. The molecule has 3 rings (SSSR count). The molecule has 0 aliphatic carbocycles. The molecule has 1 aromatic carbocycles. The maximum atomic E-state index is 11.9. The first kappa shape index (κ1) is 9.27. The van der Waals surface area contributed by atoms with Gasteiger partial charge in [0.25, 0.3) is 5.91 Å². The third-order valence-electron chi connectivity index (χ3n) is 3.15. The van der Waals surface area contributed by atoms with E-state index in [0.717, 1.165) is 35.4 Å². The summed E-state index contributed by atoms with van der Waals surface area (Å²) >= 11 is 0. The number of likely N-dealkylation sites (N-methyl/N-ethyl adjacent to an activating group) is 1. The molecule has 0 saturated carbocycles. The number of aromatic nitrogens is 1. The first-order valence-electron chi connectivity index (χ1n) is 5.31. The third kappa shape index (κ3) is 1.13. The van der Waals surface area contributed by atoms with Gasteiger partial charge in [0.05, 0.1) is 0 Å². The molecule has 2 heterocycles. The largest absolute Gasteiger partial charge is 0.399 e. The average Bonchev–Trinajstić information content (AvgIpc) is 2.62. The Morgan fingerprint density at radius 2 is 2.06 bits per heavy atom. The lowest BCUT2D eigenvalue weighted by Crippen LogP contribution is -2.36. The Labute approximate surface area is 93.2 Å². The Morgan fingerprint density at radius 3 is 2.88 bits per heavy atom. The van der Waals surface area contributed by atoms with Crippen LogP contribution in [0.15, 0.2) is 24.3 Å². The second-order valence-corrected chi connectivity index (χ2v) is 4.23. The summed E-state index contributed by atoms with van der Waals surface area (Å²) in [5.41, 5.74) is 8.32. The fourth-order valence-electron chi connectivity index (χ4n) is 2.25. The van der Waals surface area contributed by atoms with E-state index in [2.05, 4.69) is 4.57 Å². The van der Waals surface area contributed by atoms with E-state index >= 15 is 0 Å². The Bertz CT molecular complexity index is 585. The fraction of sp³-hybridized carbons (Fsp3) is 0.250. The maximum absolute atomic E-state index is 11.9. The first-order chi connectivity index (χ1) is 7.66. The van der Waals surface area contributed by atoms with Gasteiger partial charge in [-0.2, -0.15) is 0 Å². The number of nitrogens with two attached hydrogens (primary N) is 1. The zero-order chi connectivity index (χ0) is 11.3. The van der Waals surface area contributed by atoms with Crippen molar-refractivity contribution in [2.75, 3.05) is 19.3 Å². The number of carbonyl (C=O) groups excluding carboxylic acids is 1. The van der Waals surface area contributed by atoms with E-state index in [1.165, 1.54) is 0 Å². The van der Waals surface area contributed by atoms with Crippen molar-refractivity contribution in [3.8, 4) is 0 Å². The minimum Gasteiger partial charge on any atom is -0.399 e. The van der Waals surface area contributed by atoms with Crippen LogP contribution < -0.4 is 5.73 Å². The predicted molar refractivity (Wildman–Crippen MR) is 63.3 cm³/mol. The van der Waals surface area contributed by atoms with Gasteiger partial charge in [0.2, 0.25) is 0 Å². The van der Waals surface area contributed by atoms with Crippen molar-refractivity contribution in [1.82, 2.24) is 9.47 Å². The molecule has 0 atom stereocenters. The lowest BCUT2D eigenvalue weighted by atomic mass is 10.2. The van der Waals surface area contributed by atoms with Gasteiger partial charge in [-0.05, 0) is 24.3 Å². The molecule has 1 aromatic heterocycles. The van der Waals surface area contributed by atoms with Crippen molar-refractivity contribution >= 4 is 22.5 Å². The lowest BCUT2D eigenvalue weighted by Gasteiger charge is -2.24. The van der Waals surface area contributed by atoms with Crippen LogP contribution in [0.5, 0.6) is 0 Å². The van der Waals surface area contributed by atoms with E-state index in [9.17, 15) is 4.79 Å². The van der Waals surface area contributed by atoms with Crippen molar-refractivity contribution in [1.29, 1.82) is 0 Å². The summed E-state index contributed by atoms with van der Waals surface area (Å²) in [4.78, 5) is 13.7. The second kappa shape index (κ2) is 3.01. The molecule has 0 fully saturated rings. The van der Waals surface area contributed by atoms with Crippen LogP contribution in [-0.4, -0.2) is 29.0 Å². The molecule has 2 aromatic rings. The number of anilines is 1. The number of hydrogen-bond acceptors (Lipinski definition) is 2. The molecule has 4 nitrogen and oxygen atoms in total. The summed E-state index contributed by atoms with van der Waals surface area (Å²) in [5.74, 6) is 0.0843. The van der Waals surface area contributed by atoms with Gasteiger partial charge in [-0.3, -0.25) is 4.79 Å². The van der Waals surface area contributed by atoms with E-state index < -0.39 is 0 Å². The number of amides is 1. The van der Waals surface area contributed by atoms with Gasteiger partial charge < -0.3 is 15.2 Å². The Kier molecular flexibility index (Phi) is 1.74. The smallest absolute Gasteiger partial charge is 0.270 e. The molecule has 0 radical (unpaired) electrons. The SMILES string of the molecule is CN1CCn2c(cc3cc(N)ccc32)C1=O. The van der Waals surface area contributed by atoms with E-state index in [-0.39, 0.29) is 5.91 Å². The monoisotopic (exact) mass is 215 g/mol. The van der Waals surface area contributed by atoms with Crippen LogP contribution in [-0.2, 0) is 6.54 Å². The molecule has 0 saturated heterocycles. The number of nitrogen functional groups attached to an aromatic ring is 1. The van der Waals surface area contributed by atoms with E-state index in [1.54, 1.807) is 4.90 Å². The summed E-state index contributed by atoms with van der Waals surface area (Å²) < 4.78 is 2.07. The number of nitrogens with zero attached hydrogens (tertiary/aromatic N) is 2. The molecule has 1 aliphatic heterocycles.